The molecule has 2 aliphatic rings. The minimum Gasteiger partial charge on any atom is -0.353 e. The summed E-state index contributed by atoms with van der Waals surface area (Å²) >= 11 is 0. The van der Waals surface area contributed by atoms with Crippen molar-refractivity contribution in [2.75, 3.05) is 39.8 Å². The number of amides is 2. The van der Waals surface area contributed by atoms with Crippen LogP contribution in [-0.4, -0.2) is 67.3 Å². The van der Waals surface area contributed by atoms with Crippen molar-refractivity contribution in [2.24, 2.45) is 10.4 Å². The van der Waals surface area contributed by atoms with Gasteiger partial charge in [0.15, 0.2) is 5.96 Å². The number of aliphatic imine (C=N–C) groups is 1. The van der Waals surface area contributed by atoms with E-state index in [1.165, 1.54) is 6.42 Å². The van der Waals surface area contributed by atoms with E-state index in [4.69, 9.17) is 0 Å². The minimum atomic E-state index is -0.105. The van der Waals surface area contributed by atoms with E-state index in [-0.39, 0.29) is 42.3 Å². The van der Waals surface area contributed by atoms with Gasteiger partial charge in [0, 0.05) is 45.3 Å². The number of rotatable bonds is 3. The quantitative estimate of drug-likeness (QED) is 0.377. The highest BCUT2D eigenvalue weighted by molar-refractivity contribution is 14.0. The second-order valence-electron chi connectivity index (χ2n) is 8.01. The first-order valence-electron chi connectivity index (χ1n) is 9.48. The van der Waals surface area contributed by atoms with Gasteiger partial charge in [-0.05, 0) is 29.5 Å². The summed E-state index contributed by atoms with van der Waals surface area (Å²) in [5, 5.41) is 6.14. The fourth-order valence-corrected chi connectivity index (χ4v) is 3.57. The van der Waals surface area contributed by atoms with Gasteiger partial charge in [0.25, 0.3) is 5.91 Å². The lowest BCUT2D eigenvalue weighted by Gasteiger charge is -2.26. The van der Waals surface area contributed by atoms with Crippen LogP contribution in [0.5, 0.6) is 0 Å². The number of nitrogens with one attached hydrogen (secondary N) is 2. The highest BCUT2D eigenvalue weighted by Gasteiger charge is 2.30. The smallest absolute Gasteiger partial charge is 0.254 e. The van der Waals surface area contributed by atoms with Gasteiger partial charge in [0.05, 0.1) is 6.54 Å². The Hall–Kier alpha value is -1.84. The maximum atomic E-state index is 12.5. The lowest BCUT2D eigenvalue weighted by Crippen LogP contribution is -2.49. The number of carbonyl (C=O) groups is 2. The molecule has 0 aromatic heterocycles. The van der Waals surface area contributed by atoms with Crippen molar-refractivity contribution in [2.45, 2.75) is 26.8 Å². The maximum Gasteiger partial charge on any atom is 0.254 e. The van der Waals surface area contributed by atoms with E-state index in [1.54, 1.807) is 4.90 Å². The molecule has 2 saturated heterocycles. The Labute approximate surface area is 184 Å². The third kappa shape index (κ3) is 5.59. The average molecular weight is 499 g/mol. The fraction of sp³-hybridized carbons (Fsp3) is 0.550. The number of hydrogen-bond donors (Lipinski definition) is 2. The monoisotopic (exact) mass is 499 g/mol. The average Bonchev–Trinajstić information content (AvgIpc) is 3.02. The van der Waals surface area contributed by atoms with E-state index < -0.39 is 0 Å². The third-order valence-electron chi connectivity index (χ3n) is 5.17. The van der Waals surface area contributed by atoms with Gasteiger partial charge in [0.1, 0.15) is 0 Å². The molecule has 0 saturated carbocycles. The standard InChI is InChI=1S/C20H29N5O2.HI/c1-20(2)8-10-25(14-20)19(21-3)23-12-15-4-6-16(7-5-15)18(27)24-11-9-22-17(26)13-24;/h4-7H,8-14H2,1-3H3,(H,21,23)(H,22,26);1H. The van der Waals surface area contributed by atoms with E-state index in [1.807, 2.05) is 31.3 Å². The molecule has 0 atom stereocenters. The number of guanidine groups is 1. The Morgan fingerprint density at radius 2 is 1.93 bits per heavy atom. The predicted octanol–water partition coefficient (Wildman–Crippen LogP) is 1.68. The summed E-state index contributed by atoms with van der Waals surface area (Å²) in [7, 11) is 1.81. The van der Waals surface area contributed by atoms with Crippen LogP contribution in [0.25, 0.3) is 0 Å². The van der Waals surface area contributed by atoms with Crippen molar-refractivity contribution in [3.05, 3.63) is 35.4 Å². The molecule has 3 rings (SSSR count). The van der Waals surface area contributed by atoms with Crippen LogP contribution in [-0.2, 0) is 11.3 Å². The highest BCUT2D eigenvalue weighted by Crippen LogP contribution is 2.28. The first-order chi connectivity index (χ1) is 12.9. The van der Waals surface area contributed by atoms with Gasteiger partial charge in [-0.25, -0.2) is 0 Å². The van der Waals surface area contributed by atoms with Gasteiger partial charge in [-0.15, -0.1) is 24.0 Å². The minimum absolute atomic E-state index is 0. The normalized spacial score (nSPS) is 19.1. The molecule has 8 heteroatoms. The van der Waals surface area contributed by atoms with Gasteiger partial charge in [-0.2, -0.15) is 0 Å². The Bertz CT molecular complexity index is 733. The SMILES string of the molecule is CN=C(NCc1ccc(C(=O)N2CCNC(=O)C2)cc1)N1CCC(C)(C)C1.I. The number of halogens is 1. The van der Waals surface area contributed by atoms with E-state index in [2.05, 4.69) is 34.4 Å². The van der Waals surface area contributed by atoms with Crippen LogP contribution in [0.3, 0.4) is 0 Å². The molecule has 0 bridgehead atoms. The number of benzene rings is 1. The molecule has 0 unspecified atom stereocenters. The molecule has 2 amide bonds. The van der Waals surface area contributed by atoms with Crippen molar-refractivity contribution in [1.29, 1.82) is 0 Å². The molecule has 28 heavy (non-hydrogen) atoms. The molecule has 2 heterocycles. The summed E-state index contributed by atoms with van der Waals surface area (Å²) in [6, 6.07) is 7.55. The highest BCUT2D eigenvalue weighted by atomic mass is 127. The molecule has 154 valence electrons. The molecule has 2 fully saturated rings. The number of piperazine rings is 1. The second-order valence-corrected chi connectivity index (χ2v) is 8.01. The maximum absolute atomic E-state index is 12.5. The van der Waals surface area contributed by atoms with Crippen molar-refractivity contribution in [3.8, 4) is 0 Å². The molecule has 7 nitrogen and oxygen atoms in total. The van der Waals surface area contributed by atoms with Crippen LogP contribution in [0.2, 0.25) is 0 Å². The summed E-state index contributed by atoms with van der Waals surface area (Å²) in [4.78, 5) is 32.2. The van der Waals surface area contributed by atoms with Crippen LogP contribution in [0.1, 0.15) is 36.2 Å². The van der Waals surface area contributed by atoms with Crippen molar-refractivity contribution >= 4 is 41.8 Å². The largest absolute Gasteiger partial charge is 0.353 e. The first-order valence-corrected chi connectivity index (χ1v) is 9.48. The Kier molecular flexibility index (Phi) is 7.68. The van der Waals surface area contributed by atoms with Gasteiger partial charge < -0.3 is 20.4 Å². The third-order valence-corrected chi connectivity index (χ3v) is 5.17. The molecule has 0 radical (unpaired) electrons. The van der Waals surface area contributed by atoms with Crippen molar-refractivity contribution in [1.82, 2.24) is 20.4 Å². The summed E-state index contributed by atoms with van der Waals surface area (Å²) in [5.41, 5.74) is 2.02. The van der Waals surface area contributed by atoms with Crippen LogP contribution in [0.15, 0.2) is 29.3 Å². The van der Waals surface area contributed by atoms with Crippen LogP contribution >= 0.6 is 24.0 Å². The Morgan fingerprint density at radius 3 is 2.50 bits per heavy atom. The van der Waals surface area contributed by atoms with E-state index in [0.717, 1.165) is 24.6 Å². The Morgan fingerprint density at radius 1 is 1.21 bits per heavy atom. The number of likely N-dealkylation sites (tertiary alicyclic amines) is 1. The molecule has 1 aromatic rings. The molecule has 0 aliphatic carbocycles. The van der Waals surface area contributed by atoms with Gasteiger partial charge in [-0.3, -0.25) is 14.6 Å². The molecule has 0 spiro atoms. The summed E-state index contributed by atoms with van der Waals surface area (Å²) in [6.07, 6.45) is 1.17. The molecular weight excluding hydrogens is 469 g/mol. The van der Waals surface area contributed by atoms with Gasteiger partial charge in [0.2, 0.25) is 5.91 Å². The number of carbonyl (C=O) groups excluding carboxylic acids is 2. The summed E-state index contributed by atoms with van der Waals surface area (Å²) < 4.78 is 0. The van der Waals surface area contributed by atoms with Gasteiger partial charge >= 0.3 is 0 Å². The lowest BCUT2D eigenvalue weighted by atomic mass is 9.93. The zero-order chi connectivity index (χ0) is 19.4. The molecule has 1 aromatic carbocycles. The number of nitrogens with zero attached hydrogens (tertiary/aromatic N) is 3. The van der Waals surface area contributed by atoms with Gasteiger partial charge in [-0.1, -0.05) is 26.0 Å². The fourth-order valence-electron chi connectivity index (χ4n) is 3.57. The lowest BCUT2D eigenvalue weighted by molar-refractivity contribution is -0.123. The topological polar surface area (TPSA) is 77.0 Å². The first kappa shape index (κ1) is 22.4. The zero-order valence-electron chi connectivity index (χ0n) is 16.8. The van der Waals surface area contributed by atoms with Crippen LogP contribution in [0, 0.1) is 5.41 Å². The van der Waals surface area contributed by atoms with E-state index in [9.17, 15) is 9.59 Å². The second kappa shape index (κ2) is 9.58. The Balaban J connectivity index is 0.00000280. The van der Waals surface area contributed by atoms with Crippen molar-refractivity contribution in [3.63, 3.8) is 0 Å². The zero-order valence-corrected chi connectivity index (χ0v) is 19.2. The van der Waals surface area contributed by atoms with Crippen LogP contribution in [0.4, 0.5) is 0 Å². The molecule has 2 aliphatic heterocycles. The van der Waals surface area contributed by atoms with E-state index >= 15 is 0 Å². The predicted molar refractivity (Wildman–Crippen MR) is 121 cm³/mol. The van der Waals surface area contributed by atoms with E-state index in [0.29, 0.717) is 30.6 Å². The summed E-state index contributed by atoms with van der Waals surface area (Å²) in [5.74, 6) is 0.714. The molecular formula is C20H30IN5O2. The van der Waals surface area contributed by atoms with Crippen molar-refractivity contribution < 1.29 is 9.59 Å². The molecule has 2 N–H and O–H groups in total. The number of hydrogen-bond acceptors (Lipinski definition) is 3. The summed E-state index contributed by atoms with van der Waals surface area (Å²) in [6.45, 7) is 8.43. The van der Waals surface area contributed by atoms with Crippen LogP contribution < -0.4 is 10.6 Å².